The maximum atomic E-state index is 11.6. The van der Waals surface area contributed by atoms with E-state index in [4.69, 9.17) is 14.6 Å². The van der Waals surface area contributed by atoms with Crippen molar-refractivity contribution in [3.63, 3.8) is 0 Å². The number of carboxylic acid groups (broad SMARTS) is 1. The van der Waals surface area contributed by atoms with Gasteiger partial charge in [0.1, 0.15) is 5.76 Å². The first-order chi connectivity index (χ1) is 7.60. The summed E-state index contributed by atoms with van der Waals surface area (Å²) in [7, 11) is 0. The number of furan rings is 1. The topological polar surface area (TPSA) is 99.8 Å². The average molecular weight is 227 g/mol. The van der Waals surface area contributed by atoms with Crippen LogP contribution in [0.15, 0.2) is 16.7 Å². The summed E-state index contributed by atoms with van der Waals surface area (Å²) < 4.78 is 5.04. The third-order valence-electron chi connectivity index (χ3n) is 2.10. The number of nitrogens with one attached hydrogen (secondary N) is 1. The monoisotopic (exact) mass is 227 g/mol. The van der Waals surface area contributed by atoms with Gasteiger partial charge in [0.05, 0.1) is 18.4 Å². The molecule has 6 heteroatoms. The van der Waals surface area contributed by atoms with Gasteiger partial charge in [-0.2, -0.15) is 0 Å². The van der Waals surface area contributed by atoms with Crippen LogP contribution < -0.4 is 5.32 Å². The van der Waals surface area contributed by atoms with Crippen LogP contribution in [0.5, 0.6) is 0 Å². The molecular formula is C10H13NO5. The molecule has 16 heavy (non-hydrogen) atoms. The minimum absolute atomic E-state index is 0.294. The summed E-state index contributed by atoms with van der Waals surface area (Å²) in [4.78, 5) is 22.2. The van der Waals surface area contributed by atoms with E-state index in [2.05, 4.69) is 5.32 Å². The zero-order valence-corrected chi connectivity index (χ0v) is 8.77. The Morgan fingerprint density at radius 2 is 2.25 bits per heavy atom. The molecule has 0 bridgehead atoms. The number of aryl methyl sites for hydroxylation is 1. The molecule has 0 aliphatic heterocycles. The number of carbonyl (C=O) groups excluding carboxylic acids is 1. The van der Waals surface area contributed by atoms with Gasteiger partial charge < -0.3 is 19.9 Å². The number of carboxylic acids is 1. The predicted molar refractivity (Wildman–Crippen MR) is 54.1 cm³/mol. The van der Waals surface area contributed by atoms with Crippen LogP contribution in [0.2, 0.25) is 0 Å². The van der Waals surface area contributed by atoms with Crippen molar-refractivity contribution in [2.75, 3.05) is 6.61 Å². The predicted octanol–water partition coefficient (Wildman–Crippen LogP) is 0.0173. The highest BCUT2D eigenvalue weighted by Crippen LogP contribution is 2.11. The number of aliphatic hydroxyl groups excluding tert-OH is 1. The molecule has 0 radical (unpaired) electrons. The van der Waals surface area contributed by atoms with Crippen LogP contribution in [0.3, 0.4) is 0 Å². The molecule has 1 rings (SSSR count). The number of amides is 1. The van der Waals surface area contributed by atoms with E-state index in [0.29, 0.717) is 17.7 Å². The maximum absolute atomic E-state index is 11.6. The average Bonchev–Trinajstić information content (AvgIpc) is 2.72. The highest BCUT2D eigenvalue weighted by molar-refractivity contribution is 5.97. The molecule has 88 valence electrons. The van der Waals surface area contributed by atoms with Gasteiger partial charge >= 0.3 is 5.97 Å². The van der Waals surface area contributed by atoms with E-state index in [1.807, 2.05) is 6.92 Å². The molecule has 0 aliphatic carbocycles. The van der Waals surface area contributed by atoms with Crippen LogP contribution in [0.25, 0.3) is 0 Å². The fraction of sp³-hybridized carbons (Fsp3) is 0.400. The molecule has 3 N–H and O–H groups in total. The molecule has 0 aliphatic rings. The molecule has 6 nitrogen and oxygen atoms in total. The van der Waals surface area contributed by atoms with E-state index in [9.17, 15) is 9.59 Å². The van der Waals surface area contributed by atoms with Gasteiger partial charge in [-0.1, -0.05) is 6.92 Å². The maximum Gasteiger partial charge on any atom is 0.328 e. The second kappa shape index (κ2) is 5.32. The Balaban J connectivity index is 2.75. The van der Waals surface area contributed by atoms with Gasteiger partial charge in [0, 0.05) is 6.42 Å². The van der Waals surface area contributed by atoms with Crippen molar-refractivity contribution >= 4 is 11.9 Å². The van der Waals surface area contributed by atoms with Crippen LogP contribution >= 0.6 is 0 Å². The normalized spacial score (nSPS) is 12.1. The van der Waals surface area contributed by atoms with Crippen molar-refractivity contribution in [2.24, 2.45) is 0 Å². The standard InChI is InChI=1S/C10H13NO5/c1-2-8-6(3-4-16-8)9(13)11-7(5-12)10(14)15/h3-4,7,12H,2,5H2,1H3,(H,11,13)(H,14,15)/t7-/m0/s1. The van der Waals surface area contributed by atoms with Crippen LogP contribution in [0.4, 0.5) is 0 Å². The lowest BCUT2D eigenvalue weighted by atomic mass is 10.2. The SMILES string of the molecule is CCc1occc1C(=O)N[C@@H](CO)C(=O)O. The largest absolute Gasteiger partial charge is 0.480 e. The molecule has 0 spiro atoms. The zero-order valence-electron chi connectivity index (χ0n) is 8.77. The minimum Gasteiger partial charge on any atom is -0.480 e. The summed E-state index contributed by atoms with van der Waals surface area (Å²) in [6, 6.07) is 0.164. The lowest BCUT2D eigenvalue weighted by molar-refractivity contribution is -0.140. The lowest BCUT2D eigenvalue weighted by Crippen LogP contribution is -2.43. The zero-order chi connectivity index (χ0) is 12.1. The Morgan fingerprint density at radius 1 is 1.56 bits per heavy atom. The minimum atomic E-state index is -1.30. The molecule has 0 saturated carbocycles. The van der Waals surface area contributed by atoms with Gasteiger partial charge in [-0.15, -0.1) is 0 Å². The van der Waals surface area contributed by atoms with E-state index in [0.717, 1.165) is 0 Å². The smallest absolute Gasteiger partial charge is 0.328 e. The van der Waals surface area contributed by atoms with Crippen LogP contribution in [-0.4, -0.2) is 34.7 Å². The first kappa shape index (κ1) is 12.3. The highest BCUT2D eigenvalue weighted by Gasteiger charge is 2.21. The summed E-state index contributed by atoms with van der Waals surface area (Å²) in [6.45, 7) is 1.16. The first-order valence-electron chi connectivity index (χ1n) is 4.81. The van der Waals surface area contributed by atoms with E-state index in [1.165, 1.54) is 12.3 Å². The van der Waals surface area contributed by atoms with E-state index in [-0.39, 0.29) is 0 Å². The van der Waals surface area contributed by atoms with Crippen LogP contribution in [0.1, 0.15) is 23.0 Å². The van der Waals surface area contributed by atoms with Crippen molar-refractivity contribution in [2.45, 2.75) is 19.4 Å². The number of carbonyl (C=O) groups is 2. The Hall–Kier alpha value is -1.82. The quantitative estimate of drug-likeness (QED) is 0.658. The van der Waals surface area contributed by atoms with Gasteiger partial charge in [-0.05, 0) is 6.07 Å². The molecule has 0 unspecified atom stereocenters. The molecule has 0 saturated heterocycles. The molecule has 1 aromatic rings. The van der Waals surface area contributed by atoms with Gasteiger partial charge in [0.2, 0.25) is 0 Å². The Bertz CT molecular complexity index is 384. The molecule has 0 fully saturated rings. The fourth-order valence-electron chi connectivity index (χ4n) is 1.24. The Kier molecular flexibility index (Phi) is 4.07. The summed E-state index contributed by atoms with van der Waals surface area (Å²) in [6.07, 6.45) is 1.90. The molecule has 1 amide bonds. The van der Waals surface area contributed by atoms with Crippen LogP contribution in [-0.2, 0) is 11.2 Å². The fourth-order valence-corrected chi connectivity index (χ4v) is 1.24. The third-order valence-corrected chi connectivity index (χ3v) is 2.10. The molecular weight excluding hydrogens is 214 g/mol. The summed E-state index contributed by atoms with van der Waals surface area (Å²) >= 11 is 0. The number of aliphatic carboxylic acids is 1. The lowest BCUT2D eigenvalue weighted by Gasteiger charge is -2.10. The Labute approximate surface area is 91.9 Å². The number of hydrogen-bond acceptors (Lipinski definition) is 4. The van der Waals surface area contributed by atoms with Crippen molar-refractivity contribution < 1.29 is 24.2 Å². The van der Waals surface area contributed by atoms with E-state index >= 15 is 0 Å². The summed E-state index contributed by atoms with van der Waals surface area (Å²) in [5.41, 5.74) is 0.294. The highest BCUT2D eigenvalue weighted by atomic mass is 16.4. The van der Waals surface area contributed by atoms with Crippen molar-refractivity contribution in [3.8, 4) is 0 Å². The van der Waals surface area contributed by atoms with Crippen molar-refractivity contribution in [1.29, 1.82) is 0 Å². The molecule has 1 heterocycles. The van der Waals surface area contributed by atoms with E-state index in [1.54, 1.807) is 0 Å². The third kappa shape index (κ3) is 2.60. The van der Waals surface area contributed by atoms with E-state index < -0.39 is 24.5 Å². The van der Waals surface area contributed by atoms with Crippen molar-refractivity contribution in [3.05, 3.63) is 23.7 Å². The molecule has 0 aromatic carbocycles. The van der Waals surface area contributed by atoms with Gasteiger partial charge in [-0.25, -0.2) is 4.79 Å². The second-order valence-electron chi connectivity index (χ2n) is 3.16. The first-order valence-corrected chi connectivity index (χ1v) is 4.81. The number of aliphatic hydroxyl groups is 1. The summed E-state index contributed by atoms with van der Waals surface area (Å²) in [5.74, 6) is -1.36. The molecule has 1 atom stereocenters. The second-order valence-corrected chi connectivity index (χ2v) is 3.16. The van der Waals surface area contributed by atoms with Gasteiger partial charge in [0.25, 0.3) is 5.91 Å². The van der Waals surface area contributed by atoms with Crippen molar-refractivity contribution in [1.82, 2.24) is 5.32 Å². The van der Waals surface area contributed by atoms with Gasteiger partial charge in [0.15, 0.2) is 6.04 Å². The molecule has 1 aromatic heterocycles. The number of rotatable bonds is 5. The Morgan fingerprint density at radius 3 is 2.75 bits per heavy atom. The van der Waals surface area contributed by atoms with Gasteiger partial charge in [-0.3, -0.25) is 4.79 Å². The number of hydrogen-bond donors (Lipinski definition) is 3. The summed E-state index contributed by atoms with van der Waals surface area (Å²) in [5, 5.41) is 19.6. The van der Waals surface area contributed by atoms with Crippen LogP contribution in [0, 0.1) is 0 Å².